The van der Waals surface area contributed by atoms with Gasteiger partial charge in [0.15, 0.2) is 5.82 Å². The molecule has 0 aliphatic carbocycles. The number of aromatic nitrogens is 2. The molecule has 0 unspecified atom stereocenters. The number of pyridine rings is 2. The summed E-state index contributed by atoms with van der Waals surface area (Å²) < 4.78 is 15.9. The summed E-state index contributed by atoms with van der Waals surface area (Å²) in [7, 11) is 0. The van der Waals surface area contributed by atoms with Crippen molar-refractivity contribution >= 4 is 39.0 Å². The van der Waals surface area contributed by atoms with Gasteiger partial charge in [0.2, 0.25) is 0 Å². The number of halogens is 2. The van der Waals surface area contributed by atoms with Crippen molar-refractivity contribution in [2.75, 3.05) is 18.0 Å². The van der Waals surface area contributed by atoms with Crippen LogP contribution in [0.25, 0.3) is 32.9 Å². The summed E-state index contributed by atoms with van der Waals surface area (Å²) in [5.41, 5.74) is 2.08. The molecule has 2 aliphatic heterocycles. The van der Waals surface area contributed by atoms with Gasteiger partial charge in [0.25, 0.3) is 0 Å². The smallest absolute Gasteiger partial charge is 0.175 e. The van der Waals surface area contributed by atoms with Crippen LogP contribution in [0.2, 0.25) is 5.02 Å². The molecule has 5 nitrogen and oxygen atoms in total. The van der Waals surface area contributed by atoms with E-state index >= 15 is 4.39 Å². The number of fused-ring (bicyclic) bond motifs is 3. The van der Waals surface area contributed by atoms with Gasteiger partial charge in [-0.15, -0.1) is 6.42 Å². The Kier molecular flexibility index (Phi) is 4.26. The van der Waals surface area contributed by atoms with E-state index in [2.05, 4.69) is 26.1 Å². The highest BCUT2D eigenvalue weighted by molar-refractivity contribution is 6.34. The van der Waals surface area contributed by atoms with Crippen LogP contribution in [0, 0.1) is 18.2 Å². The summed E-state index contributed by atoms with van der Waals surface area (Å²) in [6.45, 7) is 1.78. The Labute approximate surface area is 188 Å². The number of phenols is 1. The average molecular weight is 445 g/mol. The van der Waals surface area contributed by atoms with E-state index in [1.54, 1.807) is 24.4 Å². The molecule has 2 saturated heterocycles. The fourth-order valence-electron chi connectivity index (χ4n) is 5.07. The van der Waals surface area contributed by atoms with Gasteiger partial charge in [0.05, 0.1) is 10.7 Å². The Balaban J connectivity index is 1.58. The Morgan fingerprint density at radius 1 is 1.25 bits per heavy atom. The van der Waals surface area contributed by atoms with Crippen molar-refractivity contribution < 1.29 is 9.50 Å². The number of hydrogen-bond acceptors (Lipinski definition) is 5. The lowest BCUT2D eigenvalue weighted by Gasteiger charge is -2.46. The first kappa shape index (κ1) is 19.3. The van der Waals surface area contributed by atoms with Crippen molar-refractivity contribution in [3.8, 4) is 29.4 Å². The third-order valence-electron chi connectivity index (χ3n) is 6.55. The average Bonchev–Trinajstić information content (AvgIpc) is 3.15. The zero-order chi connectivity index (χ0) is 22.0. The molecule has 2 aliphatic rings. The maximum atomic E-state index is 15.9. The highest BCUT2D eigenvalue weighted by Crippen LogP contribution is 2.42. The van der Waals surface area contributed by atoms with Crippen LogP contribution in [0.5, 0.6) is 5.75 Å². The minimum Gasteiger partial charge on any atom is -0.508 e. The number of hydrogen-bond donors (Lipinski definition) is 2. The summed E-state index contributed by atoms with van der Waals surface area (Å²) in [5, 5.41) is 16.2. The first-order chi connectivity index (χ1) is 15.6. The monoisotopic (exact) mass is 444 g/mol. The fraction of sp³-hybridized carbons (Fsp3) is 0.200. The molecule has 2 aromatic heterocycles. The zero-order valence-electron chi connectivity index (χ0n) is 16.9. The summed E-state index contributed by atoms with van der Waals surface area (Å²) >= 11 is 6.52. The van der Waals surface area contributed by atoms with Gasteiger partial charge in [-0.25, -0.2) is 4.39 Å². The van der Waals surface area contributed by atoms with Crippen LogP contribution >= 0.6 is 11.6 Å². The van der Waals surface area contributed by atoms with Crippen LogP contribution in [-0.4, -0.2) is 40.2 Å². The quantitative estimate of drug-likeness (QED) is 0.446. The lowest BCUT2D eigenvalue weighted by Crippen LogP contribution is -2.61. The summed E-state index contributed by atoms with van der Waals surface area (Å²) in [6, 6.07) is 9.28. The van der Waals surface area contributed by atoms with Crippen molar-refractivity contribution in [3.63, 3.8) is 0 Å². The minimum atomic E-state index is -0.569. The topological polar surface area (TPSA) is 61.3 Å². The van der Waals surface area contributed by atoms with Gasteiger partial charge in [0, 0.05) is 52.9 Å². The molecule has 0 saturated carbocycles. The normalized spacial score (nSPS) is 19.7. The second kappa shape index (κ2) is 7.06. The number of terminal acetylenes is 1. The van der Waals surface area contributed by atoms with Crippen molar-refractivity contribution in [3.05, 3.63) is 59.1 Å². The summed E-state index contributed by atoms with van der Waals surface area (Å²) in [5.74, 6) is 2.09. The maximum Gasteiger partial charge on any atom is 0.175 e. The van der Waals surface area contributed by atoms with Gasteiger partial charge in [-0.05, 0) is 36.6 Å². The number of aromatic hydroxyl groups is 1. The molecular formula is C25H18ClFN4O. The van der Waals surface area contributed by atoms with Crippen molar-refractivity contribution in [2.45, 2.75) is 18.5 Å². The Bertz CT molecular complexity index is 1460. The van der Waals surface area contributed by atoms with E-state index in [4.69, 9.17) is 18.0 Å². The molecule has 158 valence electrons. The van der Waals surface area contributed by atoms with Crippen LogP contribution in [0.1, 0.15) is 12.0 Å². The van der Waals surface area contributed by atoms with E-state index in [9.17, 15) is 5.11 Å². The number of anilines is 1. The van der Waals surface area contributed by atoms with E-state index in [-0.39, 0.29) is 17.0 Å². The van der Waals surface area contributed by atoms with Crippen LogP contribution in [0.3, 0.4) is 0 Å². The van der Waals surface area contributed by atoms with Crippen molar-refractivity contribution in [1.29, 1.82) is 0 Å². The van der Waals surface area contributed by atoms with Gasteiger partial charge in [-0.1, -0.05) is 29.7 Å². The number of rotatable bonds is 2. The molecule has 0 amide bonds. The van der Waals surface area contributed by atoms with Gasteiger partial charge >= 0.3 is 0 Å². The zero-order valence-corrected chi connectivity index (χ0v) is 17.7. The van der Waals surface area contributed by atoms with Gasteiger partial charge in [-0.3, -0.25) is 9.97 Å². The number of benzene rings is 2. The van der Waals surface area contributed by atoms with Crippen LogP contribution in [-0.2, 0) is 0 Å². The third kappa shape index (κ3) is 2.68. The lowest BCUT2D eigenvalue weighted by atomic mass is 9.95. The Hall–Kier alpha value is -3.40. The largest absolute Gasteiger partial charge is 0.508 e. The SMILES string of the molecule is C#Cc1cccc2cc(O)cc(-c3ncc4c(N5C[C@H]6NCC[C@H]65)c(Cl)cnc4c3F)c12. The van der Waals surface area contributed by atoms with E-state index < -0.39 is 5.82 Å². The van der Waals surface area contributed by atoms with Gasteiger partial charge in [-0.2, -0.15) is 0 Å². The first-order valence-corrected chi connectivity index (χ1v) is 10.8. The predicted octanol–water partition coefficient (Wildman–Crippen LogP) is 4.48. The van der Waals surface area contributed by atoms with E-state index in [1.165, 1.54) is 12.3 Å². The van der Waals surface area contributed by atoms with Crippen molar-refractivity contribution in [2.24, 2.45) is 0 Å². The summed E-state index contributed by atoms with van der Waals surface area (Å²) in [4.78, 5) is 11.0. The molecule has 4 aromatic rings. The third-order valence-corrected chi connectivity index (χ3v) is 6.82. The van der Waals surface area contributed by atoms with Crippen molar-refractivity contribution in [1.82, 2.24) is 15.3 Å². The number of nitrogens with one attached hydrogen (secondary N) is 1. The highest BCUT2D eigenvalue weighted by atomic mass is 35.5. The molecule has 2 aromatic carbocycles. The van der Waals surface area contributed by atoms with Crippen LogP contribution < -0.4 is 10.2 Å². The molecule has 6 rings (SSSR count). The molecule has 2 atom stereocenters. The Morgan fingerprint density at radius 3 is 2.94 bits per heavy atom. The second-order valence-electron chi connectivity index (χ2n) is 8.25. The fourth-order valence-corrected chi connectivity index (χ4v) is 5.33. The lowest BCUT2D eigenvalue weighted by molar-refractivity contribution is 0.397. The van der Waals surface area contributed by atoms with Gasteiger partial charge in [0.1, 0.15) is 17.0 Å². The highest BCUT2D eigenvalue weighted by Gasteiger charge is 2.43. The van der Waals surface area contributed by atoms with Gasteiger partial charge < -0.3 is 15.3 Å². The molecule has 7 heteroatoms. The number of nitrogens with zero attached hydrogens (tertiary/aromatic N) is 3. The van der Waals surface area contributed by atoms with E-state index in [0.29, 0.717) is 44.4 Å². The molecule has 2 N–H and O–H groups in total. The van der Waals surface area contributed by atoms with Crippen LogP contribution in [0.15, 0.2) is 42.7 Å². The molecule has 0 bridgehead atoms. The molecule has 0 spiro atoms. The first-order valence-electron chi connectivity index (χ1n) is 10.4. The van der Waals surface area contributed by atoms with Crippen LogP contribution in [0.4, 0.5) is 10.1 Å². The molecule has 32 heavy (non-hydrogen) atoms. The second-order valence-corrected chi connectivity index (χ2v) is 8.66. The predicted molar refractivity (Wildman–Crippen MR) is 125 cm³/mol. The standard InChI is InChI=1S/C25H18ClFN4O/c1-2-13-4-3-5-14-8-15(32)9-16(21(13)14)23-22(27)24-17(10-29-23)25(18(26)11-30-24)31-12-19-20(31)6-7-28-19/h1,3-5,8-11,19-20,28,32H,6-7,12H2/t19-,20-/m1/s1. The molecular weight excluding hydrogens is 427 g/mol. The van der Waals surface area contributed by atoms with E-state index in [0.717, 1.165) is 25.2 Å². The molecule has 2 fully saturated rings. The summed E-state index contributed by atoms with van der Waals surface area (Å²) in [6.07, 6.45) is 9.83. The molecule has 0 radical (unpaired) electrons. The molecule has 4 heterocycles. The maximum absolute atomic E-state index is 15.9. The number of phenolic OH excluding ortho intramolecular Hbond substituents is 1. The minimum absolute atomic E-state index is 0.00748. The van der Waals surface area contributed by atoms with E-state index in [1.807, 2.05) is 6.07 Å². The Morgan fingerprint density at radius 2 is 2.12 bits per heavy atom.